The number of thioether (sulfide) groups is 1. The van der Waals surface area contributed by atoms with Gasteiger partial charge in [-0.2, -0.15) is 13.2 Å². The highest BCUT2D eigenvalue weighted by Crippen LogP contribution is 2.36. The number of aryl methyl sites for hydroxylation is 1. The first kappa shape index (κ1) is 14.9. The predicted octanol–water partition coefficient (Wildman–Crippen LogP) is 4.57. The second-order valence-electron chi connectivity index (χ2n) is 4.12. The van der Waals surface area contributed by atoms with Gasteiger partial charge in [0.15, 0.2) is 0 Å². The molecule has 1 nitrogen and oxygen atoms in total. The van der Waals surface area contributed by atoms with E-state index >= 15 is 0 Å². The Morgan fingerprint density at radius 2 is 2.28 bits per heavy atom. The Hall–Kier alpha value is 0.530. The van der Waals surface area contributed by atoms with Crippen LogP contribution in [0.1, 0.15) is 29.3 Å². The van der Waals surface area contributed by atoms with Crippen molar-refractivity contribution < 1.29 is 13.2 Å². The summed E-state index contributed by atoms with van der Waals surface area (Å²) in [5.41, 5.74) is -2.82. The smallest absolute Gasteiger partial charge is 0.309 e. The number of hydrogen-bond acceptors (Lipinski definition) is 3. The van der Waals surface area contributed by atoms with E-state index < -0.39 is 5.51 Å². The highest BCUT2D eigenvalue weighted by atomic mass is 127. The average molecular weight is 407 g/mol. The minimum absolute atomic E-state index is 0.0473. The Bertz CT molecular complexity index is 405. The van der Waals surface area contributed by atoms with Crippen LogP contribution in [0.2, 0.25) is 0 Å². The molecule has 0 saturated heterocycles. The zero-order valence-corrected chi connectivity index (χ0v) is 13.3. The zero-order valence-electron chi connectivity index (χ0n) is 9.52. The van der Waals surface area contributed by atoms with Gasteiger partial charge in [-0.15, -0.1) is 11.3 Å². The van der Waals surface area contributed by atoms with Crippen LogP contribution < -0.4 is 5.32 Å². The number of thiophene rings is 1. The lowest BCUT2D eigenvalue weighted by Gasteiger charge is -2.23. The molecule has 1 N–H and O–H groups in total. The summed E-state index contributed by atoms with van der Waals surface area (Å²) >= 11 is 4.15. The zero-order chi connectivity index (χ0) is 13.2. The Morgan fingerprint density at radius 3 is 3.00 bits per heavy atom. The van der Waals surface area contributed by atoms with Gasteiger partial charge in [0, 0.05) is 23.2 Å². The van der Waals surface area contributed by atoms with E-state index in [4.69, 9.17) is 0 Å². The molecule has 2 rings (SSSR count). The quantitative estimate of drug-likeness (QED) is 0.580. The summed E-state index contributed by atoms with van der Waals surface area (Å²) in [6, 6.07) is 2.40. The molecule has 7 heteroatoms. The van der Waals surface area contributed by atoms with E-state index in [9.17, 15) is 13.2 Å². The molecule has 0 radical (unpaired) electrons. The number of rotatable bonds is 4. The van der Waals surface area contributed by atoms with E-state index in [0.29, 0.717) is 6.54 Å². The molecule has 1 aliphatic carbocycles. The molecular weight excluding hydrogens is 394 g/mol. The van der Waals surface area contributed by atoms with Gasteiger partial charge in [-0.3, -0.25) is 0 Å². The van der Waals surface area contributed by atoms with E-state index in [2.05, 4.69) is 34.0 Å². The number of alkyl halides is 3. The van der Waals surface area contributed by atoms with Crippen LogP contribution in [0.25, 0.3) is 0 Å². The van der Waals surface area contributed by atoms with Gasteiger partial charge in [-0.1, -0.05) is 0 Å². The summed E-state index contributed by atoms with van der Waals surface area (Å²) in [5.74, 6) is 0.0799. The van der Waals surface area contributed by atoms with Crippen molar-refractivity contribution >= 4 is 45.7 Å². The van der Waals surface area contributed by atoms with Crippen LogP contribution in [-0.2, 0) is 6.42 Å². The van der Waals surface area contributed by atoms with Gasteiger partial charge in [-0.25, -0.2) is 0 Å². The average Bonchev–Trinajstić information content (AvgIpc) is 2.64. The van der Waals surface area contributed by atoms with Crippen molar-refractivity contribution in [3.8, 4) is 0 Å². The van der Waals surface area contributed by atoms with Gasteiger partial charge in [0.25, 0.3) is 0 Å². The largest absolute Gasteiger partial charge is 0.441 e. The second-order valence-corrected chi connectivity index (χ2v) is 8.31. The van der Waals surface area contributed by atoms with Crippen LogP contribution >= 0.6 is 45.7 Å². The van der Waals surface area contributed by atoms with Crippen molar-refractivity contribution in [1.82, 2.24) is 5.32 Å². The minimum Gasteiger partial charge on any atom is -0.309 e. The molecule has 0 spiro atoms. The molecule has 0 bridgehead atoms. The molecule has 0 fully saturated rings. The molecule has 18 heavy (non-hydrogen) atoms. The first-order valence-electron chi connectivity index (χ1n) is 5.68. The molecule has 0 aliphatic heterocycles. The van der Waals surface area contributed by atoms with Crippen molar-refractivity contribution in [3.05, 3.63) is 19.4 Å². The molecule has 1 atom stereocenters. The van der Waals surface area contributed by atoms with Crippen LogP contribution in [0.4, 0.5) is 13.2 Å². The fourth-order valence-corrected chi connectivity index (χ4v) is 4.70. The molecule has 1 unspecified atom stereocenters. The van der Waals surface area contributed by atoms with E-state index in [1.54, 1.807) is 11.3 Å². The Kier molecular flexibility index (Phi) is 5.24. The SMILES string of the molecule is FC(F)(F)SCCNC1CCCc2sc(I)cc21. The Labute approximate surface area is 126 Å². The summed E-state index contributed by atoms with van der Waals surface area (Å²) in [7, 11) is 0. The lowest BCUT2D eigenvalue weighted by Crippen LogP contribution is -2.26. The number of hydrogen-bond donors (Lipinski definition) is 1. The lowest BCUT2D eigenvalue weighted by molar-refractivity contribution is -0.0327. The molecule has 0 saturated carbocycles. The summed E-state index contributed by atoms with van der Waals surface area (Å²) in [6.07, 6.45) is 3.25. The molecule has 1 aromatic heterocycles. The molecular formula is C11H13F3INS2. The lowest BCUT2D eigenvalue weighted by atomic mass is 9.94. The maximum atomic E-state index is 12.0. The number of halogens is 4. The normalized spacial score (nSPS) is 19.9. The van der Waals surface area contributed by atoms with Gasteiger partial charge < -0.3 is 5.32 Å². The van der Waals surface area contributed by atoms with E-state index in [0.717, 1.165) is 19.3 Å². The van der Waals surface area contributed by atoms with Crippen molar-refractivity contribution in [2.45, 2.75) is 30.8 Å². The molecule has 1 heterocycles. The molecule has 0 aromatic carbocycles. The third-order valence-corrected chi connectivity index (χ3v) is 5.55. The number of nitrogens with one attached hydrogen (secondary N) is 1. The fraction of sp³-hybridized carbons (Fsp3) is 0.636. The maximum Gasteiger partial charge on any atom is 0.441 e. The highest BCUT2D eigenvalue weighted by Gasteiger charge is 2.28. The van der Waals surface area contributed by atoms with Crippen LogP contribution in [-0.4, -0.2) is 17.8 Å². The number of fused-ring (bicyclic) bond motifs is 1. The highest BCUT2D eigenvalue weighted by molar-refractivity contribution is 14.1. The predicted molar refractivity (Wildman–Crippen MR) is 79.2 cm³/mol. The van der Waals surface area contributed by atoms with E-state index in [-0.39, 0.29) is 23.6 Å². The van der Waals surface area contributed by atoms with Crippen molar-refractivity contribution in [3.63, 3.8) is 0 Å². The Morgan fingerprint density at radius 1 is 1.50 bits per heavy atom. The monoisotopic (exact) mass is 407 g/mol. The summed E-state index contributed by atoms with van der Waals surface area (Å²) in [6.45, 7) is 0.403. The molecule has 102 valence electrons. The topological polar surface area (TPSA) is 12.0 Å². The Balaban J connectivity index is 1.84. The standard InChI is InChI=1S/C11H13F3INS2/c12-11(13,14)17-5-4-16-8-2-1-3-9-7(8)6-10(15)18-9/h6,8,16H,1-5H2. The third-order valence-electron chi connectivity index (χ3n) is 2.84. The van der Waals surface area contributed by atoms with Crippen molar-refractivity contribution in [1.29, 1.82) is 0 Å². The maximum absolute atomic E-state index is 12.0. The second kappa shape index (κ2) is 6.32. The van der Waals surface area contributed by atoms with Crippen LogP contribution in [0.3, 0.4) is 0 Å². The van der Waals surface area contributed by atoms with Crippen molar-refractivity contribution in [2.75, 3.05) is 12.3 Å². The van der Waals surface area contributed by atoms with Crippen LogP contribution in [0.5, 0.6) is 0 Å². The van der Waals surface area contributed by atoms with E-state index in [1.807, 2.05) is 0 Å². The van der Waals surface area contributed by atoms with Gasteiger partial charge >= 0.3 is 5.51 Å². The minimum atomic E-state index is -4.11. The first-order valence-corrected chi connectivity index (χ1v) is 8.56. The van der Waals surface area contributed by atoms with Crippen molar-refractivity contribution in [2.24, 2.45) is 0 Å². The summed E-state index contributed by atoms with van der Waals surface area (Å²) in [5, 5.41) is 3.25. The fourth-order valence-electron chi connectivity index (χ4n) is 2.13. The summed E-state index contributed by atoms with van der Waals surface area (Å²) < 4.78 is 37.3. The third kappa shape index (κ3) is 4.28. The molecule has 1 aliphatic rings. The van der Waals surface area contributed by atoms with Crippen LogP contribution in [0, 0.1) is 2.88 Å². The first-order chi connectivity index (χ1) is 8.46. The van der Waals surface area contributed by atoms with Gasteiger partial charge in [0.2, 0.25) is 0 Å². The van der Waals surface area contributed by atoms with Crippen LogP contribution in [0.15, 0.2) is 6.07 Å². The molecule has 0 amide bonds. The van der Waals surface area contributed by atoms with Gasteiger partial charge in [-0.05, 0) is 65.2 Å². The summed E-state index contributed by atoms with van der Waals surface area (Å²) in [4.78, 5) is 1.40. The van der Waals surface area contributed by atoms with Gasteiger partial charge in [0.05, 0.1) is 2.88 Å². The van der Waals surface area contributed by atoms with E-state index in [1.165, 1.54) is 13.3 Å². The molecule has 1 aromatic rings. The van der Waals surface area contributed by atoms with Gasteiger partial charge in [0.1, 0.15) is 0 Å².